The summed E-state index contributed by atoms with van der Waals surface area (Å²) in [6.45, 7) is 11.1. The minimum Gasteiger partial charge on any atom is -0.478 e. The first-order valence-corrected chi connectivity index (χ1v) is 15.2. The molecule has 1 unspecified atom stereocenters. The summed E-state index contributed by atoms with van der Waals surface area (Å²) in [4.78, 5) is 33.1. The molecule has 2 amide bonds. The minimum absolute atomic E-state index is 0.0867. The van der Waals surface area contributed by atoms with Crippen molar-refractivity contribution < 1.29 is 19.4 Å². The molecule has 0 radical (unpaired) electrons. The molecule has 0 bridgehead atoms. The zero-order valence-corrected chi connectivity index (χ0v) is 21.3. The maximum atomic E-state index is 13.4. The van der Waals surface area contributed by atoms with Crippen LogP contribution in [-0.2, 0) is 9.59 Å². The second kappa shape index (κ2) is 8.40. The van der Waals surface area contributed by atoms with Gasteiger partial charge in [-0.2, -0.15) is 0 Å². The number of amides is 2. The van der Waals surface area contributed by atoms with Gasteiger partial charge in [-0.3, -0.25) is 14.6 Å². The van der Waals surface area contributed by atoms with Gasteiger partial charge in [-0.15, -0.1) is 0 Å². The molecule has 1 saturated carbocycles. The van der Waals surface area contributed by atoms with E-state index in [4.69, 9.17) is 4.74 Å². The highest BCUT2D eigenvalue weighted by Gasteiger charge is 2.54. The number of benzene rings is 1. The lowest BCUT2D eigenvalue weighted by molar-refractivity contribution is -0.143. The van der Waals surface area contributed by atoms with Crippen molar-refractivity contribution in [1.82, 2.24) is 10.2 Å². The Morgan fingerprint density at radius 2 is 1.88 bits per heavy atom. The number of aliphatic imine (C=N–C) groups is 1. The molecule has 1 fully saturated rings. The Balaban J connectivity index is 1.50. The van der Waals surface area contributed by atoms with E-state index in [1.807, 2.05) is 32.0 Å². The number of amidine groups is 1. The fraction of sp³-hybridized carbons (Fsp3) is 0.560. The molecular weight excluding hydrogens is 434 g/mol. The summed E-state index contributed by atoms with van der Waals surface area (Å²) >= 11 is 0. The maximum absolute atomic E-state index is 13.4. The first kappa shape index (κ1) is 23.7. The number of ether oxygens (including phenoxy) is 1. The van der Waals surface area contributed by atoms with Crippen molar-refractivity contribution >= 4 is 25.7 Å². The maximum Gasteiger partial charge on any atom is 0.267 e. The van der Waals surface area contributed by atoms with E-state index in [9.17, 15) is 14.7 Å². The monoisotopic (exact) mass is 469 g/mol. The van der Waals surface area contributed by atoms with E-state index in [1.54, 1.807) is 17.0 Å². The highest BCUT2D eigenvalue weighted by atomic mass is 28.3. The Kier molecular flexibility index (Phi) is 6.03. The van der Waals surface area contributed by atoms with E-state index in [0.717, 1.165) is 30.4 Å². The average molecular weight is 470 g/mol. The Morgan fingerprint density at radius 1 is 1.21 bits per heavy atom. The lowest BCUT2D eigenvalue weighted by Crippen LogP contribution is -2.55. The van der Waals surface area contributed by atoms with Crippen LogP contribution in [0.25, 0.3) is 0 Å². The molecule has 7 nitrogen and oxygen atoms in total. The van der Waals surface area contributed by atoms with Crippen molar-refractivity contribution in [2.24, 2.45) is 4.99 Å². The van der Waals surface area contributed by atoms with E-state index in [1.165, 1.54) is 0 Å². The number of aliphatic hydroxyl groups is 1. The average Bonchev–Trinajstić information content (AvgIpc) is 3.22. The molecule has 2 heterocycles. The molecule has 2 N–H and O–H groups in total. The molecule has 0 spiro atoms. The van der Waals surface area contributed by atoms with Gasteiger partial charge < -0.3 is 20.1 Å². The molecule has 1 aliphatic carbocycles. The quantitative estimate of drug-likeness (QED) is 0.626. The Labute approximate surface area is 196 Å². The summed E-state index contributed by atoms with van der Waals surface area (Å²) in [6.07, 6.45) is 1.99. The topological polar surface area (TPSA) is 91.2 Å². The van der Waals surface area contributed by atoms with Gasteiger partial charge in [0.1, 0.15) is 11.6 Å². The van der Waals surface area contributed by atoms with Crippen LogP contribution in [0.15, 0.2) is 46.5 Å². The van der Waals surface area contributed by atoms with Crippen LogP contribution < -0.4 is 10.1 Å². The van der Waals surface area contributed by atoms with Gasteiger partial charge in [0.15, 0.2) is 6.10 Å². The number of nitrogens with one attached hydrogen (secondary N) is 1. The van der Waals surface area contributed by atoms with Crippen LogP contribution in [0.4, 0.5) is 0 Å². The second-order valence-electron chi connectivity index (χ2n) is 10.8. The van der Waals surface area contributed by atoms with Crippen molar-refractivity contribution in [3.05, 3.63) is 41.5 Å². The molecule has 1 aromatic carbocycles. The number of carbonyl (C=O) groups excluding carboxylic acids is 2. The van der Waals surface area contributed by atoms with Crippen LogP contribution in [-0.4, -0.2) is 67.1 Å². The Hall–Kier alpha value is -2.45. The van der Waals surface area contributed by atoms with E-state index in [2.05, 4.69) is 30.0 Å². The molecule has 1 atom stereocenters. The zero-order valence-electron chi connectivity index (χ0n) is 20.3. The van der Waals surface area contributed by atoms with Gasteiger partial charge in [0.25, 0.3) is 5.91 Å². The molecule has 4 rings (SSSR count). The number of aliphatic hydroxyl groups excluding tert-OH is 1. The molecule has 178 valence electrons. The van der Waals surface area contributed by atoms with Gasteiger partial charge in [-0.25, -0.2) is 0 Å². The highest BCUT2D eigenvalue weighted by Crippen LogP contribution is 2.55. The largest absolute Gasteiger partial charge is 0.478 e. The minimum atomic E-state index is -1.70. The first-order chi connectivity index (χ1) is 15.5. The summed E-state index contributed by atoms with van der Waals surface area (Å²) in [5.41, 5.74) is 1.38. The van der Waals surface area contributed by atoms with Crippen molar-refractivity contribution in [2.75, 3.05) is 19.7 Å². The van der Waals surface area contributed by atoms with Gasteiger partial charge >= 0.3 is 0 Å². The summed E-state index contributed by atoms with van der Waals surface area (Å²) in [5.74, 6) is 0.953. The van der Waals surface area contributed by atoms with E-state index >= 15 is 0 Å². The number of hydrogen-bond acceptors (Lipinski definition) is 5. The molecule has 0 saturated heterocycles. The molecule has 0 aromatic heterocycles. The molecule has 33 heavy (non-hydrogen) atoms. The van der Waals surface area contributed by atoms with E-state index in [-0.39, 0.29) is 16.9 Å². The lowest BCUT2D eigenvalue weighted by Gasteiger charge is -2.49. The molecular formula is C25H35N3O4Si. The van der Waals surface area contributed by atoms with Gasteiger partial charge in [0.05, 0.1) is 33.3 Å². The van der Waals surface area contributed by atoms with Crippen molar-refractivity contribution in [2.45, 2.75) is 69.4 Å². The predicted octanol–water partition coefficient (Wildman–Crippen LogP) is 3.13. The van der Waals surface area contributed by atoms with Gasteiger partial charge in [0, 0.05) is 10.6 Å². The molecule has 1 aromatic rings. The second-order valence-corrected chi connectivity index (χ2v) is 16.3. The predicted molar refractivity (Wildman–Crippen MR) is 131 cm³/mol. The number of hydrogen-bond donors (Lipinski definition) is 2. The van der Waals surface area contributed by atoms with Crippen molar-refractivity contribution in [3.63, 3.8) is 0 Å². The Morgan fingerprint density at radius 3 is 2.42 bits per heavy atom. The van der Waals surface area contributed by atoms with Crippen LogP contribution in [0.3, 0.4) is 0 Å². The number of para-hydroxylation sites is 1. The van der Waals surface area contributed by atoms with Crippen LogP contribution in [0.2, 0.25) is 24.7 Å². The van der Waals surface area contributed by atoms with Crippen molar-refractivity contribution in [3.8, 4) is 5.75 Å². The fourth-order valence-electron chi connectivity index (χ4n) is 5.29. The third-order valence-corrected chi connectivity index (χ3v) is 11.4. The summed E-state index contributed by atoms with van der Waals surface area (Å²) in [5, 5.41) is 12.8. The molecule has 3 aliphatic rings. The summed E-state index contributed by atoms with van der Waals surface area (Å²) < 4.78 is 5.79. The Bertz CT molecular complexity index is 1010. The molecule has 8 heteroatoms. The van der Waals surface area contributed by atoms with E-state index in [0.29, 0.717) is 24.7 Å². The summed E-state index contributed by atoms with van der Waals surface area (Å²) in [7, 11) is -1.70. The first-order valence-electron chi connectivity index (χ1n) is 11.7. The molecule has 2 aliphatic heterocycles. The SMILES string of the molecule is CC1(C)C2=C(CN1C(=O)C(CO)Oc1ccccc1)C(NC(=O)C1([Si](C)(C)C)CCC1)=NC2. The normalized spacial score (nSPS) is 21.8. The van der Waals surface area contributed by atoms with Gasteiger partial charge in [-0.05, 0) is 44.4 Å². The fourth-order valence-corrected chi connectivity index (χ4v) is 7.89. The number of nitrogens with zero attached hydrogens (tertiary/aromatic N) is 2. The van der Waals surface area contributed by atoms with E-state index < -0.39 is 26.3 Å². The standard InChI is InChI=1S/C25H35N3O4Si/c1-24(2)19-14-26-21(27-23(31)25(12-9-13-25)33(3,4)5)18(19)15-28(24)22(30)20(16-29)32-17-10-7-6-8-11-17/h6-8,10-11,20,29H,9,12-16H2,1-5H3,(H,26,27,31). The smallest absolute Gasteiger partial charge is 0.267 e. The third-order valence-electron chi connectivity index (χ3n) is 7.81. The zero-order chi connectivity index (χ0) is 24.0. The highest BCUT2D eigenvalue weighted by molar-refractivity contribution is 6.82. The van der Waals surface area contributed by atoms with Crippen LogP contribution >= 0.6 is 0 Å². The number of carbonyl (C=O) groups is 2. The summed E-state index contributed by atoms with van der Waals surface area (Å²) in [6, 6.07) is 9.04. The van der Waals surface area contributed by atoms with Crippen LogP contribution in [0.5, 0.6) is 5.75 Å². The van der Waals surface area contributed by atoms with Crippen LogP contribution in [0.1, 0.15) is 33.1 Å². The van der Waals surface area contributed by atoms with Gasteiger partial charge in [-0.1, -0.05) is 44.3 Å². The van der Waals surface area contributed by atoms with Crippen LogP contribution in [0, 0.1) is 0 Å². The van der Waals surface area contributed by atoms with Gasteiger partial charge in [0.2, 0.25) is 5.91 Å². The third kappa shape index (κ3) is 3.93. The van der Waals surface area contributed by atoms with Crippen molar-refractivity contribution in [1.29, 1.82) is 0 Å². The lowest BCUT2D eigenvalue weighted by atomic mass is 9.83. The number of rotatable bonds is 6.